The third kappa shape index (κ3) is 8.35. The predicted molar refractivity (Wildman–Crippen MR) is 117 cm³/mol. The molecule has 0 heterocycles. The van der Waals surface area contributed by atoms with Gasteiger partial charge in [0.1, 0.15) is 0 Å². The monoisotopic (exact) mass is 373 g/mol. The van der Waals surface area contributed by atoms with Gasteiger partial charge in [-0.05, 0) is 36.4 Å². The van der Waals surface area contributed by atoms with Crippen LogP contribution in [0.15, 0.2) is 60.7 Å². The lowest BCUT2D eigenvalue weighted by atomic mass is 10.2. The van der Waals surface area contributed by atoms with Gasteiger partial charge in [-0.15, -0.1) is 0 Å². The summed E-state index contributed by atoms with van der Waals surface area (Å²) < 4.78 is 0. The summed E-state index contributed by atoms with van der Waals surface area (Å²) in [7, 11) is 0. The lowest BCUT2D eigenvalue weighted by molar-refractivity contribution is 0.303. The molecule has 2 aromatic carbocycles. The summed E-state index contributed by atoms with van der Waals surface area (Å²) in [4.78, 5) is 2.56. The Labute approximate surface area is 162 Å². The molecule has 0 fully saturated rings. The Morgan fingerprint density at radius 2 is 1.36 bits per heavy atom. The molecule has 0 aliphatic heterocycles. The van der Waals surface area contributed by atoms with Crippen molar-refractivity contribution in [1.82, 2.24) is 4.90 Å². The molecule has 2 aromatic rings. The minimum atomic E-state index is 0.711. The van der Waals surface area contributed by atoms with Gasteiger partial charge >= 0.3 is 0 Å². The molecule has 0 aliphatic carbocycles. The molecule has 0 aliphatic rings. The van der Waals surface area contributed by atoms with Gasteiger partial charge in [-0.25, -0.2) is 0 Å². The van der Waals surface area contributed by atoms with E-state index in [1.165, 1.54) is 29.8 Å². The van der Waals surface area contributed by atoms with E-state index >= 15 is 0 Å². The topological polar surface area (TPSA) is 3.24 Å². The second-order valence-electron chi connectivity index (χ2n) is 6.23. The molecule has 1 nitrogen and oxygen atoms in total. The zero-order chi connectivity index (χ0) is 17.7. The molecule has 25 heavy (non-hydrogen) atoms. The van der Waals surface area contributed by atoms with Crippen LogP contribution < -0.4 is 0 Å². The smallest absolute Gasteiger partial charge is 0.0187 e. The Bertz CT molecular complexity index is 555. The second kappa shape index (κ2) is 12.5. The highest BCUT2D eigenvalue weighted by Crippen LogP contribution is 2.24. The van der Waals surface area contributed by atoms with Crippen molar-refractivity contribution in [2.75, 3.05) is 25.4 Å². The molecule has 1 atom stereocenters. The fourth-order valence-corrected chi connectivity index (χ4v) is 5.16. The molecule has 0 aromatic heterocycles. The lowest BCUT2D eigenvalue weighted by Crippen LogP contribution is -2.31. The quantitative estimate of drug-likeness (QED) is 0.423. The van der Waals surface area contributed by atoms with E-state index in [9.17, 15) is 0 Å². The molecule has 0 amide bonds. The molecule has 0 saturated heterocycles. The maximum absolute atomic E-state index is 2.56. The van der Waals surface area contributed by atoms with E-state index in [0.717, 1.165) is 24.6 Å². The average molecular weight is 374 g/mol. The number of thioether (sulfide) groups is 2. The predicted octanol–water partition coefficient (Wildman–Crippen LogP) is 5.95. The van der Waals surface area contributed by atoms with E-state index in [4.69, 9.17) is 0 Å². The molecular weight excluding hydrogens is 342 g/mol. The summed E-state index contributed by atoms with van der Waals surface area (Å²) in [5.41, 5.74) is 2.87. The van der Waals surface area contributed by atoms with Crippen LogP contribution >= 0.6 is 23.5 Å². The number of hydrogen-bond acceptors (Lipinski definition) is 3. The number of hydrogen-bond donors (Lipinski definition) is 0. The normalized spacial score (nSPS) is 12.4. The van der Waals surface area contributed by atoms with Gasteiger partial charge in [0, 0.05) is 23.3 Å². The van der Waals surface area contributed by atoms with Gasteiger partial charge in [0.15, 0.2) is 0 Å². The van der Waals surface area contributed by atoms with Crippen LogP contribution in [0.3, 0.4) is 0 Å². The summed E-state index contributed by atoms with van der Waals surface area (Å²) >= 11 is 4.19. The van der Waals surface area contributed by atoms with E-state index in [0.29, 0.717) is 5.25 Å². The van der Waals surface area contributed by atoms with Crippen LogP contribution in [0.5, 0.6) is 0 Å². The highest BCUT2D eigenvalue weighted by atomic mass is 32.2. The van der Waals surface area contributed by atoms with Crippen molar-refractivity contribution in [3.05, 3.63) is 71.8 Å². The molecule has 1 unspecified atom stereocenters. The first-order chi connectivity index (χ1) is 12.3. The maximum Gasteiger partial charge on any atom is 0.0187 e. The van der Waals surface area contributed by atoms with E-state index in [2.05, 4.69) is 103 Å². The van der Waals surface area contributed by atoms with Crippen LogP contribution in [0.25, 0.3) is 0 Å². The SMILES string of the molecule is CCN(CC)CC(CCSCc1ccccc1)SCc1ccccc1. The molecule has 0 saturated carbocycles. The van der Waals surface area contributed by atoms with E-state index < -0.39 is 0 Å². The van der Waals surface area contributed by atoms with E-state index in [1.807, 2.05) is 0 Å². The fourth-order valence-electron chi connectivity index (χ4n) is 2.76. The van der Waals surface area contributed by atoms with E-state index in [-0.39, 0.29) is 0 Å². The van der Waals surface area contributed by atoms with E-state index in [1.54, 1.807) is 0 Å². The Kier molecular flexibility index (Phi) is 10.2. The number of rotatable bonds is 12. The summed E-state index contributed by atoms with van der Waals surface area (Å²) in [5.74, 6) is 3.49. The summed E-state index contributed by atoms with van der Waals surface area (Å²) in [5, 5.41) is 0.711. The molecule has 0 N–H and O–H groups in total. The van der Waals surface area contributed by atoms with Crippen molar-refractivity contribution in [1.29, 1.82) is 0 Å². The van der Waals surface area contributed by atoms with Crippen LogP contribution in [0.1, 0.15) is 31.4 Å². The fraction of sp³-hybridized carbons (Fsp3) is 0.455. The Hall–Kier alpha value is -0.900. The maximum atomic E-state index is 2.56. The molecule has 0 radical (unpaired) electrons. The Morgan fingerprint density at radius 1 is 0.800 bits per heavy atom. The van der Waals surface area contributed by atoms with Gasteiger partial charge in [-0.1, -0.05) is 74.5 Å². The first kappa shape index (κ1) is 20.4. The zero-order valence-corrected chi connectivity index (χ0v) is 17.2. The summed E-state index contributed by atoms with van der Waals surface area (Å²) in [6.45, 7) is 8.04. The first-order valence-electron chi connectivity index (χ1n) is 9.31. The molecular formula is C22H31NS2. The third-order valence-corrected chi connectivity index (χ3v) is 6.80. The number of nitrogens with zero attached hydrogens (tertiary/aromatic N) is 1. The Balaban J connectivity index is 1.78. The van der Waals surface area contributed by atoms with Gasteiger partial charge < -0.3 is 4.90 Å². The minimum absolute atomic E-state index is 0.711. The van der Waals surface area contributed by atoms with Crippen molar-refractivity contribution in [3.63, 3.8) is 0 Å². The highest BCUT2D eigenvalue weighted by molar-refractivity contribution is 7.99. The molecule has 136 valence electrons. The zero-order valence-electron chi connectivity index (χ0n) is 15.6. The van der Waals surface area contributed by atoms with Crippen molar-refractivity contribution < 1.29 is 0 Å². The second-order valence-corrected chi connectivity index (χ2v) is 8.63. The summed E-state index contributed by atoms with van der Waals surface area (Å²) in [6, 6.07) is 21.7. The standard InChI is InChI=1S/C22H31NS2/c1-3-23(4-2)17-22(25-19-21-13-9-6-10-14-21)15-16-24-18-20-11-7-5-8-12-20/h5-14,22H,3-4,15-19H2,1-2H3. The van der Waals surface area contributed by atoms with Crippen LogP contribution in [0.4, 0.5) is 0 Å². The van der Waals surface area contributed by atoms with Crippen molar-refractivity contribution in [2.45, 2.75) is 37.0 Å². The van der Waals surface area contributed by atoms with Crippen LogP contribution in [-0.4, -0.2) is 35.5 Å². The van der Waals surface area contributed by atoms with Crippen LogP contribution in [0, 0.1) is 0 Å². The van der Waals surface area contributed by atoms with Gasteiger partial charge in [0.05, 0.1) is 0 Å². The van der Waals surface area contributed by atoms with Gasteiger partial charge in [-0.3, -0.25) is 0 Å². The van der Waals surface area contributed by atoms with Crippen LogP contribution in [0.2, 0.25) is 0 Å². The largest absolute Gasteiger partial charge is 0.303 e. The molecule has 2 rings (SSSR count). The molecule has 0 spiro atoms. The summed E-state index contributed by atoms with van der Waals surface area (Å²) in [6.07, 6.45) is 1.28. The van der Waals surface area contributed by atoms with Gasteiger partial charge in [0.25, 0.3) is 0 Å². The average Bonchev–Trinajstić information content (AvgIpc) is 2.68. The van der Waals surface area contributed by atoms with Crippen molar-refractivity contribution in [2.24, 2.45) is 0 Å². The minimum Gasteiger partial charge on any atom is -0.303 e. The van der Waals surface area contributed by atoms with Crippen molar-refractivity contribution in [3.8, 4) is 0 Å². The molecule has 0 bridgehead atoms. The van der Waals surface area contributed by atoms with Crippen LogP contribution in [-0.2, 0) is 11.5 Å². The van der Waals surface area contributed by atoms with Crippen molar-refractivity contribution >= 4 is 23.5 Å². The highest BCUT2D eigenvalue weighted by Gasteiger charge is 2.13. The van der Waals surface area contributed by atoms with Gasteiger partial charge in [0.2, 0.25) is 0 Å². The first-order valence-corrected chi connectivity index (χ1v) is 11.5. The lowest BCUT2D eigenvalue weighted by Gasteiger charge is -2.25. The third-order valence-electron chi connectivity index (χ3n) is 4.38. The van der Waals surface area contributed by atoms with Gasteiger partial charge in [-0.2, -0.15) is 23.5 Å². The number of benzene rings is 2. The Morgan fingerprint density at radius 3 is 1.92 bits per heavy atom. The molecule has 3 heteroatoms.